The van der Waals surface area contributed by atoms with Crippen LogP contribution in [-0.4, -0.2) is 33.4 Å². The van der Waals surface area contributed by atoms with Gasteiger partial charge in [0, 0.05) is 18.8 Å². The highest BCUT2D eigenvalue weighted by Gasteiger charge is 2.10. The minimum Gasteiger partial charge on any atom is -0.490 e. The first-order chi connectivity index (χ1) is 10.2. The highest BCUT2D eigenvalue weighted by molar-refractivity contribution is 5.62. The van der Waals surface area contributed by atoms with Gasteiger partial charge in [0.1, 0.15) is 6.33 Å². The zero-order chi connectivity index (χ0) is 15.2. The lowest BCUT2D eigenvalue weighted by molar-refractivity contribution is 0.414. The summed E-state index contributed by atoms with van der Waals surface area (Å²) in [4.78, 5) is 8.15. The van der Waals surface area contributed by atoms with E-state index in [9.17, 15) is 0 Å². The van der Waals surface area contributed by atoms with E-state index < -0.39 is 0 Å². The first-order valence-electron chi connectivity index (χ1n) is 6.76. The van der Waals surface area contributed by atoms with Gasteiger partial charge in [-0.05, 0) is 26.3 Å². The number of ether oxygens (including phenoxy) is 1. The Morgan fingerprint density at radius 2 is 2.05 bits per heavy atom. The summed E-state index contributed by atoms with van der Waals surface area (Å²) in [7, 11) is 1.56. The number of methoxy groups -OCH3 is 1. The summed E-state index contributed by atoms with van der Waals surface area (Å²) in [6.45, 7) is 5.65. The van der Waals surface area contributed by atoms with Gasteiger partial charge >= 0.3 is 0 Å². The lowest BCUT2D eigenvalue weighted by Crippen LogP contribution is -2.14. The minimum absolute atomic E-state index is 0.452. The van der Waals surface area contributed by atoms with E-state index in [2.05, 4.69) is 38.8 Å². The molecule has 2 aromatic rings. The molecular formula is C13H21N7O. The van der Waals surface area contributed by atoms with Crippen molar-refractivity contribution in [2.24, 2.45) is 5.84 Å². The second-order valence-electron chi connectivity index (χ2n) is 4.68. The molecule has 2 rings (SSSR count). The summed E-state index contributed by atoms with van der Waals surface area (Å²) in [5.74, 6) is 6.96. The number of hydrogen-bond donors (Lipinski definition) is 3. The zero-order valence-corrected chi connectivity index (χ0v) is 12.6. The van der Waals surface area contributed by atoms with Crippen molar-refractivity contribution in [2.45, 2.75) is 26.8 Å². The molecule has 0 aliphatic carbocycles. The third-order valence-corrected chi connectivity index (χ3v) is 3.09. The predicted molar refractivity (Wildman–Crippen MR) is 81.2 cm³/mol. The van der Waals surface area contributed by atoms with E-state index >= 15 is 0 Å². The van der Waals surface area contributed by atoms with Crippen LogP contribution in [0.3, 0.4) is 0 Å². The van der Waals surface area contributed by atoms with Gasteiger partial charge in [0.25, 0.3) is 0 Å². The monoisotopic (exact) mass is 291 g/mol. The van der Waals surface area contributed by atoms with Gasteiger partial charge in [-0.15, -0.1) is 0 Å². The fraction of sp³-hybridized carbons (Fsp3) is 0.462. The number of rotatable bonds is 7. The van der Waals surface area contributed by atoms with Gasteiger partial charge in [0.2, 0.25) is 5.75 Å². The number of hydrogen-bond acceptors (Lipinski definition) is 7. The molecule has 114 valence electrons. The SMILES string of the molecule is COc1c(NN)ncnc1NCCCn1nc(C)cc1C. The molecule has 2 heterocycles. The van der Waals surface area contributed by atoms with Crippen LogP contribution < -0.4 is 21.3 Å². The van der Waals surface area contributed by atoms with Crippen molar-refractivity contribution in [1.82, 2.24) is 19.7 Å². The molecule has 0 amide bonds. The Balaban J connectivity index is 1.90. The number of nitrogen functional groups attached to an aromatic ring is 1. The number of nitrogens with two attached hydrogens (primary N) is 1. The fourth-order valence-corrected chi connectivity index (χ4v) is 2.13. The second kappa shape index (κ2) is 6.89. The molecule has 0 aromatic carbocycles. The Morgan fingerprint density at radius 1 is 1.29 bits per heavy atom. The first-order valence-corrected chi connectivity index (χ1v) is 6.76. The smallest absolute Gasteiger partial charge is 0.205 e. The Bertz CT molecular complexity index is 596. The Kier molecular flexibility index (Phi) is 4.94. The number of hydrazine groups is 1. The summed E-state index contributed by atoms with van der Waals surface area (Å²) < 4.78 is 7.26. The normalized spacial score (nSPS) is 10.5. The molecule has 2 aromatic heterocycles. The number of nitrogens with zero attached hydrogens (tertiary/aromatic N) is 4. The second-order valence-corrected chi connectivity index (χ2v) is 4.68. The van der Waals surface area contributed by atoms with E-state index in [1.165, 1.54) is 12.0 Å². The highest BCUT2D eigenvalue weighted by Crippen LogP contribution is 2.27. The standard InChI is InChI=1S/C13H21N7O/c1-9-7-10(2)20(19-9)6-4-5-15-12-11(21-3)13(18-14)17-8-16-12/h7-8H,4-6,14H2,1-3H3,(H2,15,16,17,18). The molecule has 0 aliphatic rings. The lowest BCUT2D eigenvalue weighted by Gasteiger charge is -2.12. The molecule has 8 heteroatoms. The van der Waals surface area contributed by atoms with E-state index in [-0.39, 0.29) is 0 Å². The predicted octanol–water partition coefficient (Wildman–Crippen LogP) is 1.09. The first kappa shape index (κ1) is 15.0. The summed E-state index contributed by atoms with van der Waals surface area (Å²) in [5, 5.41) is 7.65. The molecule has 4 N–H and O–H groups in total. The maximum absolute atomic E-state index is 5.39. The molecule has 0 fully saturated rings. The van der Waals surface area contributed by atoms with Crippen molar-refractivity contribution in [3.8, 4) is 5.75 Å². The molecule has 21 heavy (non-hydrogen) atoms. The number of nitrogens with one attached hydrogen (secondary N) is 2. The Labute approximate surface area is 123 Å². The van der Waals surface area contributed by atoms with Crippen LogP contribution in [0.15, 0.2) is 12.4 Å². The molecule has 0 aliphatic heterocycles. The fourth-order valence-electron chi connectivity index (χ4n) is 2.13. The van der Waals surface area contributed by atoms with Crippen LogP contribution in [0.1, 0.15) is 17.8 Å². The van der Waals surface area contributed by atoms with Crippen LogP contribution in [0, 0.1) is 13.8 Å². The van der Waals surface area contributed by atoms with Crippen molar-refractivity contribution in [1.29, 1.82) is 0 Å². The summed E-state index contributed by atoms with van der Waals surface area (Å²) in [6, 6.07) is 2.07. The number of aryl methyl sites for hydroxylation is 3. The molecule has 0 radical (unpaired) electrons. The summed E-state index contributed by atoms with van der Waals surface area (Å²) in [5.41, 5.74) is 4.69. The van der Waals surface area contributed by atoms with Crippen molar-refractivity contribution >= 4 is 11.6 Å². The molecule has 0 unspecified atom stereocenters. The van der Waals surface area contributed by atoms with Gasteiger partial charge in [-0.3, -0.25) is 4.68 Å². The molecule has 8 nitrogen and oxygen atoms in total. The van der Waals surface area contributed by atoms with E-state index in [1.54, 1.807) is 7.11 Å². The molecule has 0 spiro atoms. The maximum atomic E-state index is 5.39. The largest absolute Gasteiger partial charge is 0.490 e. The van der Waals surface area contributed by atoms with Crippen LogP contribution in [0.5, 0.6) is 5.75 Å². The third-order valence-electron chi connectivity index (χ3n) is 3.09. The number of anilines is 2. The van der Waals surface area contributed by atoms with Gasteiger partial charge in [0.05, 0.1) is 12.8 Å². The quantitative estimate of drug-likeness (QED) is 0.398. The van der Waals surface area contributed by atoms with E-state index in [0.717, 1.165) is 25.2 Å². The topological polar surface area (TPSA) is 103 Å². The van der Waals surface area contributed by atoms with Crippen molar-refractivity contribution in [3.63, 3.8) is 0 Å². The van der Waals surface area contributed by atoms with Gasteiger partial charge < -0.3 is 15.5 Å². The van der Waals surface area contributed by atoms with Gasteiger partial charge in [-0.1, -0.05) is 0 Å². The van der Waals surface area contributed by atoms with E-state index in [4.69, 9.17) is 10.6 Å². The van der Waals surface area contributed by atoms with Gasteiger partial charge in [0.15, 0.2) is 11.6 Å². The molecular weight excluding hydrogens is 270 g/mol. The zero-order valence-electron chi connectivity index (χ0n) is 12.6. The van der Waals surface area contributed by atoms with Crippen molar-refractivity contribution in [2.75, 3.05) is 24.4 Å². The maximum Gasteiger partial charge on any atom is 0.205 e. The minimum atomic E-state index is 0.452. The van der Waals surface area contributed by atoms with Crippen molar-refractivity contribution < 1.29 is 4.74 Å². The van der Waals surface area contributed by atoms with E-state index in [0.29, 0.717) is 17.4 Å². The molecule has 0 bridgehead atoms. The number of aromatic nitrogens is 4. The average Bonchev–Trinajstić information content (AvgIpc) is 2.81. The average molecular weight is 291 g/mol. The van der Waals surface area contributed by atoms with Crippen molar-refractivity contribution in [3.05, 3.63) is 23.8 Å². The third kappa shape index (κ3) is 3.60. The molecule has 0 atom stereocenters. The summed E-state index contributed by atoms with van der Waals surface area (Å²) >= 11 is 0. The Hall–Kier alpha value is -2.35. The molecule has 0 saturated heterocycles. The van der Waals surface area contributed by atoms with Crippen LogP contribution in [0.4, 0.5) is 11.6 Å². The Morgan fingerprint density at radius 3 is 2.67 bits per heavy atom. The highest BCUT2D eigenvalue weighted by atomic mass is 16.5. The van der Waals surface area contributed by atoms with Gasteiger partial charge in [-0.25, -0.2) is 15.8 Å². The molecule has 0 saturated carbocycles. The summed E-state index contributed by atoms with van der Waals surface area (Å²) in [6.07, 6.45) is 2.35. The van der Waals surface area contributed by atoms with Crippen LogP contribution >= 0.6 is 0 Å². The van der Waals surface area contributed by atoms with Crippen LogP contribution in [0.2, 0.25) is 0 Å². The van der Waals surface area contributed by atoms with Gasteiger partial charge in [-0.2, -0.15) is 5.10 Å². The lowest BCUT2D eigenvalue weighted by atomic mass is 10.3. The van der Waals surface area contributed by atoms with E-state index in [1.807, 2.05) is 11.6 Å². The van der Waals surface area contributed by atoms with Crippen LogP contribution in [0.25, 0.3) is 0 Å². The van der Waals surface area contributed by atoms with Crippen LogP contribution in [-0.2, 0) is 6.54 Å².